The molecule has 1 atom stereocenters. The quantitative estimate of drug-likeness (QED) is 0.864. The van der Waals surface area contributed by atoms with Crippen LogP contribution in [0, 0.1) is 26.7 Å². The molecule has 1 aromatic carbocycles. The van der Waals surface area contributed by atoms with E-state index in [4.69, 9.17) is 9.47 Å². The van der Waals surface area contributed by atoms with Crippen LogP contribution in [0.4, 0.5) is 0 Å². The van der Waals surface area contributed by atoms with Crippen molar-refractivity contribution in [2.24, 2.45) is 5.92 Å². The summed E-state index contributed by atoms with van der Waals surface area (Å²) in [5.41, 5.74) is 3.09. The molecule has 0 radical (unpaired) electrons. The van der Waals surface area contributed by atoms with E-state index in [2.05, 4.69) is 0 Å². The van der Waals surface area contributed by atoms with Crippen molar-refractivity contribution in [2.45, 2.75) is 60.0 Å². The van der Waals surface area contributed by atoms with E-state index in [-0.39, 0.29) is 24.4 Å². The predicted molar refractivity (Wildman–Crippen MR) is 85.6 cm³/mol. The molecule has 0 bridgehead atoms. The van der Waals surface area contributed by atoms with Gasteiger partial charge < -0.3 is 14.6 Å². The van der Waals surface area contributed by atoms with Crippen molar-refractivity contribution < 1.29 is 19.4 Å². The summed E-state index contributed by atoms with van der Waals surface area (Å²) in [7, 11) is 0. The first kappa shape index (κ1) is 16.7. The number of rotatable bonds is 3. The molecule has 4 heteroatoms. The van der Waals surface area contributed by atoms with Gasteiger partial charge in [-0.25, -0.2) is 0 Å². The molecule has 22 heavy (non-hydrogen) atoms. The normalized spacial score (nSPS) is 19.0. The fourth-order valence-corrected chi connectivity index (χ4v) is 2.98. The van der Waals surface area contributed by atoms with E-state index in [1.165, 1.54) is 0 Å². The summed E-state index contributed by atoms with van der Waals surface area (Å²) in [5.74, 6) is 0.672. The average molecular weight is 306 g/mol. The molecule has 4 nitrogen and oxygen atoms in total. The summed E-state index contributed by atoms with van der Waals surface area (Å²) in [6.07, 6.45) is 0. The highest BCUT2D eigenvalue weighted by molar-refractivity contribution is 5.71. The van der Waals surface area contributed by atoms with E-state index in [1.807, 2.05) is 48.5 Å². The van der Waals surface area contributed by atoms with E-state index in [0.29, 0.717) is 5.75 Å². The van der Waals surface area contributed by atoms with Gasteiger partial charge >= 0.3 is 5.97 Å². The predicted octanol–water partition coefficient (Wildman–Crippen LogP) is 3.77. The van der Waals surface area contributed by atoms with Crippen LogP contribution in [0.2, 0.25) is 0 Å². The maximum absolute atomic E-state index is 11.8. The number of carbonyl (C=O) groups is 1. The van der Waals surface area contributed by atoms with Gasteiger partial charge in [0.25, 0.3) is 0 Å². The Morgan fingerprint density at radius 2 is 1.82 bits per heavy atom. The van der Waals surface area contributed by atoms with E-state index in [9.17, 15) is 9.90 Å². The van der Waals surface area contributed by atoms with Gasteiger partial charge in [0.15, 0.2) is 0 Å². The standard InChI is InChI=1S/C18H26O4/c1-9(2)17(20)21-8-13-14-12(5)15(19)10(3)11(4)16(14)22-18(13,6)7/h9,13,19H,8H2,1-7H3/t13-/m1/s1. The summed E-state index contributed by atoms with van der Waals surface area (Å²) in [6.45, 7) is 13.6. The van der Waals surface area contributed by atoms with Crippen LogP contribution in [0.15, 0.2) is 0 Å². The topological polar surface area (TPSA) is 55.8 Å². The Hall–Kier alpha value is -1.71. The summed E-state index contributed by atoms with van der Waals surface area (Å²) in [6, 6.07) is 0. The van der Waals surface area contributed by atoms with E-state index < -0.39 is 5.60 Å². The first-order valence-corrected chi connectivity index (χ1v) is 7.76. The van der Waals surface area contributed by atoms with Crippen molar-refractivity contribution in [1.82, 2.24) is 0 Å². The van der Waals surface area contributed by atoms with Crippen molar-refractivity contribution in [3.63, 3.8) is 0 Å². The lowest BCUT2D eigenvalue weighted by molar-refractivity contribution is -0.148. The molecule has 0 aromatic heterocycles. The molecule has 0 fully saturated rings. The lowest BCUT2D eigenvalue weighted by atomic mass is 9.83. The van der Waals surface area contributed by atoms with Crippen LogP contribution in [0.5, 0.6) is 11.5 Å². The van der Waals surface area contributed by atoms with E-state index in [1.54, 1.807) is 0 Å². The molecule has 1 N–H and O–H groups in total. The van der Waals surface area contributed by atoms with Crippen molar-refractivity contribution in [2.75, 3.05) is 6.61 Å². The lowest BCUT2D eigenvalue weighted by Gasteiger charge is -2.26. The zero-order valence-corrected chi connectivity index (χ0v) is 14.5. The van der Waals surface area contributed by atoms with Gasteiger partial charge in [-0.3, -0.25) is 4.79 Å². The van der Waals surface area contributed by atoms with Gasteiger partial charge in [0.1, 0.15) is 23.7 Å². The van der Waals surface area contributed by atoms with Gasteiger partial charge in [0, 0.05) is 5.56 Å². The number of aromatic hydroxyl groups is 1. The fourth-order valence-electron chi connectivity index (χ4n) is 2.98. The SMILES string of the molecule is Cc1c(C)c2c(c(C)c1O)[C@@H](COC(=O)C(C)C)C(C)(C)O2. The Kier molecular flexibility index (Phi) is 4.16. The van der Waals surface area contributed by atoms with Crippen LogP contribution in [-0.4, -0.2) is 23.3 Å². The van der Waals surface area contributed by atoms with Crippen LogP contribution in [0.25, 0.3) is 0 Å². The first-order chi connectivity index (χ1) is 10.1. The molecule has 122 valence electrons. The van der Waals surface area contributed by atoms with Crippen LogP contribution in [-0.2, 0) is 9.53 Å². The van der Waals surface area contributed by atoms with Crippen LogP contribution >= 0.6 is 0 Å². The number of phenols is 1. The molecule has 0 spiro atoms. The average Bonchev–Trinajstić information content (AvgIpc) is 2.71. The Morgan fingerprint density at radius 3 is 2.36 bits per heavy atom. The molecule has 0 saturated heterocycles. The van der Waals surface area contributed by atoms with Gasteiger partial charge in [-0.05, 0) is 51.3 Å². The molecule has 1 aliphatic heterocycles. The second kappa shape index (κ2) is 5.49. The highest BCUT2D eigenvalue weighted by Gasteiger charge is 2.44. The van der Waals surface area contributed by atoms with Crippen LogP contribution < -0.4 is 4.74 Å². The second-order valence-corrected chi connectivity index (χ2v) is 7.01. The fraction of sp³-hybridized carbons (Fsp3) is 0.611. The minimum atomic E-state index is -0.477. The first-order valence-electron chi connectivity index (χ1n) is 7.76. The number of hydrogen-bond acceptors (Lipinski definition) is 4. The number of ether oxygens (including phenoxy) is 2. The lowest BCUT2D eigenvalue weighted by Crippen LogP contribution is -2.34. The Bertz CT molecular complexity index is 614. The van der Waals surface area contributed by atoms with Crippen molar-refractivity contribution >= 4 is 5.97 Å². The minimum Gasteiger partial charge on any atom is -0.507 e. The van der Waals surface area contributed by atoms with Crippen LogP contribution in [0.3, 0.4) is 0 Å². The highest BCUT2D eigenvalue weighted by Crippen LogP contribution is 2.51. The Balaban J connectivity index is 2.44. The number of phenolic OH excluding ortho intramolecular Hbond substituents is 1. The number of carbonyl (C=O) groups excluding carboxylic acids is 1. The molecule has 1 heterocycles. The third-order valence-corrected chi connectivity index (χ3v) is 4.68. The number of fused-ring (bicyclic) bond motifs is 1. The molecule has 1 aliphatic rings. The van der Waals surface area contributed by atoms with Crippen molar-refractivity contribution in [3.8, 4) is 11.5 Å². The number of benzene rings is 1. The summed E-state index contributed by atoms with van der Waals surface area (Å²) in [4.78, 5) is 11.8. The molecular weight excluding hydrogens is 280 g/mol. The Morgan fingerprint density at radius 1 is 1.23 bits per heavy atom. The second-order valence-electron chi connectivity index (χ2n) is 7.01. The molecule has 0 amide bonds. The van der Waals surface area contributed by atoms with Crippen molar-refractivity contribution in [3.05, 3.63) is 22.3 Å². The zero-order chi connectivity index (χ0) is 16.8. The zero-order valence-electron chi connectivity index (χ0n) is 14.5. The molecule has 0 aliphatic carbocycles. The molecule has 0 saturated carbocycles. The van der Waals surface area contributed by atoms with Gasteiger partial charge in [0.05, 0.1) is 11.8 Å². The molecule has 0 unspecified atom stereocenters. The van der Waals surface area contributed by atoms with Gasteiger partial charge in [-0.2, -0.15) is 0 Å². The Labute approximate surface area is 132 Å². The summed E-state index contributed by atoms with van der Waals surface area (Å²) in [5, 5.41) is 10.3. The minimum absolute atomic E-state index is 0.0876. The maximum atomic E-state index is 11.8. The summed E-state index contributed by atoms with van der Waals surface area (Å²) < 4.78 is 11.6. The highest BCUT2D eigenvalue weighted by atomic mass is 16.5. The smallest absolute Gasteiger partial charge is 0.308 e. The monoisotopic (exact) mass is 306 g/mol. The third kappa shape index (κ3) is 2.55. The number of hydrogen-bond donors (Lipinski definition) is 1. The van der Waals surface area contributed by atoms with Crippen molar-refractivity contribution in [1.29, 1.82) is 0 Å². The summed E-state index contributed by atoms with van der Waals surface area (Å²) >= 11 is 0. The maximum Gasteiger partial charge on any atom is 0.308 e. The largest absolute Gasteiger partial charge is 0.507 e. The number of esters is 1. The molecule has 1 aromatic rings. The van der Waals surface area contributed by atoms with Gasteiger partial charge in [-0.15, -0.1) is 0 Å². The third-order valence-electron chi connectivity index (χ3n) is 4.68. The van der Waals surface area contributed by atoms with Crippen LogP contribution in [0.1, 0.15) is 55.9 Å². The van der Waals surface area contributed by atoms with E-state index in [0.717, 1.165) is 28.0 Å². The molecule has 2 rings (SSSR count). The molecular formula is C18H26O4. The van der Waals surface area contributed by atoms with E-state index >= 15 is 0 Å². The van der Waals surface area contributed by atoms with Gasteiger partial charge in [-0.1, -0.05) is 13.8 Å². The van der Waals surface area contributed by atoms with Gasteiger partial charge in [0.2, 0.25) is 0 Å².